The summed E-state index contributed by atoms with van der Waals surface area (Å²) in [6, 6.07) is 1.03. The molecule has 2 atom stereocenters. The van der Waals surface area contributed by atoms with Gasteiger partial charge in [-0.1, -0.05) is 13.8 Å². The molecule has 4 heteroatoms. The van der Waals surface area contributed by atoms with Crippen LogP contribution in [0.5, 0.6) is 0 Å². The summed E-state index contributed by atoms with van der Waals surface area (Å²) in [7, 11) is 1.97. The van der Waals surface area contributed by atoms with E-state index in [1.165, 1.54) is 17.7 Å². The molecule has 1 rings (SSSR count). The molecule has 2 unspecified atom stereocenters. The fourth-order valence-corrected chi connectivity index (χ4v) is 2.57. The highest BCUT2D eigenvalue weighted by molar-refractivity contribution is 7.98. The Morgan fingerprint density at radius 3 is 2.62 bits per heavy atom. The summed E-state index contributed by atoms with van der Waals surface area (Å²) in [4.78, 5) is 0. The van der Waals surface area contributed by atoms with Crippen LogP contribution in [0.3, 0.4) is 0 Å². The van der Waals surface area contributed by atoms with Crippen LogP contribution in [0.1, 0.15) is 38.3 Å². The molecule has 3 nitrogen and oxygen atoms in total. The summed E-state index contributed by atoms with van der Waals surface area (Å²) < 4.78 is 1.87. The summed E-state index contributed by atoms with van der Waals surface area (Å²) in [6.07, 6.45) is 8.52. The Hall–Kier alpha value is -0.480. The standard InChI is InChI=1S/C12H23N3S/c1-5-11(9-16-4)14-12(6-2)10-7-13-15(3)8-10/h7-8,11-12,14H,5-6,9H2,1-4H3. The molecule has 1 heterocycles. The number of hydrogen-bond donors (Lipinski definition) is 1. The highest BCUT2D eigenvalue weighted by Gasteiger charge is 2.15. The number of aryl methyl sites for hydroxylation is 1. The second-order valence-electron chi connectivity index (χ2n) is 4.14. The number of hydrogen-bond acceptors (Lipinski definition) is 3. The number of thioether (sulfide) groups is 1. The van der Waals surface area contributed by atoms with Gasteiger partial charge in [0.15, 0.2) is 0 Å². The average molecular weight is 241 g/mol. The van der Waals surface area contributed by atoms with Crippen molar-refractivity contribution in [3.05, 3.63) is 18.0 Å². The molecule has 16 heavy (non-hydrogen) atoms. The molecule has 0 radical (unpaired) electrons. The van der Waals surface area contributed by atoms with Crippen LogP contribution in [-0.2, 0) is 7.05 Å². The van der Waals surface area contributed by atoms with Gasteiger partial charge in [-0.2, -0.15) is 16.9 Å². The quantitative estimate of drug-likeness (QED) is 0.796. The molecule has 0 aliphatic rings. The Kier molecular flexibility index (Phi) is 5.91. The van der Waals surface area contributed by atoms with Crippen LogP contribution < -0.4 is 5.32 Å². The van der Waals surface area contributed by atoms with E-state index in [4.69, 9.17) is 0 Å². The van der Waals surface area contributed by atoms with E-state index >= 15 is 0 Å². The Balaban J connectivity index is 2.60. The van der Waals surface area contributed by atoms with E-state index in [1.807, 2.05) is 29.7 Å². The predicted octanol–water partition coefficient (Wildman–Crippen LogP) is 2.60. The molecular weight excluding hydrogens is 218 g/mol. The van der Waals surface area contributed by atoms with E-state index in [9.17, 15) is 0 Å². The van der Waals surface area contributed by atoms with Gasteiger partial charge < -0.3 is 5.32 Å². The molecule has 0 amide bonds. The SMILES string of the molecule is CCC(CSC)NC(CC)c1cnn(C)c1. The lowest BCUT2D eigenvalue weighted by atomic mass is 10.1. The fraction of sp³-hybridized carbons (Fsp3) is 0.750. The molecule has 1 aromatic rings. The van der Waals surface area contributed by atoms with Gasteiger partial charge in [-0.15, -0.1) is 0 Å². The van der Waals surface area contributed by atoms with Gasteiger partial charge in [0.25, 0.3) is 0 Å². The molecule has 0 saturated carbocycles. The van der Waals surface area contributed by atoms with Crippen molar-refractivity contribution < 1.29 is 0 Å². The lowest BCUT2D eigenvalue weighted by Gasteiger charge is -2.22. The average Bonchev–Trinajstić information content (AvgIpc) is 2.71. The number of nitrogens with zero attached hydrogens (tertiary/aromatic N) is 2. The first-order chi connectivity index (χ1) is 7.71. The van der Waals surface area contributed by atoms with Crippen LogP contribution in [-0.4, -0.2) is 27.8 Å². The fourth-order valence-electron chi connectivity index (χ4n) is 1.84. The topological polar surface area (TPSA) is 29.9 Å². The molecule has 0 saturated heterocycles. The zero-order valence-electron chi connectivity index (χ0n) is 10.7. The van der Waals surface area contributed by atoms with E-state index in [-0.39, 0.29) is 0 Å². The molecule has 0 aliphatic heterocycles. The summed E-state index contributed by atoms with van der Waals surface area (Å²) in [5.74, 6) is 1.17. The maximum absolute atomic E-state index is 4.24. The van der Waals surface area contributed by atoms with Crippen molar-refractivity contribution in [2.24, 2.45) is 7.05 Å². The smallest absolute Gasteiger partial charge is 0.0537 e. The van der Waals surface area contributed by atoms with Gasteiger partial charge in [0.05, 0.1) is 6.20 Å². The third-order valence-electron chi connectivity index (χ3n) is 2.83. The summed E-state index contributed by atoms with van der Waals surface area (Å²) in [5.41, 5.74) is 1.30. The summed E-state index contributed by atoms with van der Waals surface area (Å²) in [6.45, 7) is 4.46. The first-order valence-corrected chi connectivity index (χ1v) is 7.34. The van der Waals surface area contributed by atoms with Crippen molar-refractivity contribution in [1.29, 1.82) is 0 Å². The second-order valence-corrected chi connectivity index (χ2v) is 5.05. The molecule has 1 N–H and O–H groups in total. The van der Waals surface area contributed by atoms with Crippen LogP contribution in [0.25, 0.3) is 0 Å². The van der Waals surface area contributed by atoms with E-state index < -0.39 is 0 Å². The molecule has 0 fully saturated rings. The number of nitrogens with one attached hydrogen (secondary N) is 1. The van der Waals surface area contributed by atoms with Gasteiger partial charge in [-0.25, -0.2) is 0 Å². The zero-order chi connectivity index (χ0) is 12.0. The first kappa shape index (κ1) is 13.6. The molecule has 0 aliphatic carbocycles. The molecule has 0 bridgehead atoms. The van der Waals surface area contributed by atoms with Gasteiger partial charge in [-0.05, 0) is 19.1 Å². The van der Waals surface area contributed by atoms with Gasteiger partial charge in [0.2, 0.25) is 0 Å². The molecule has 1 aromatic heterocycles. The minimum Gasteiger partial charge on any atom is -0.306 e. The normalized spacial score (nSPS) is 15.0. The minimum absolute atomic E-state index is 0.436. The van der Waals surface area contributed by atoms with Crippen molar-refractivity contribution >= 4 is 11.8 Å². The Labute approximate surface area is 103 Å². The first-order valence-electron chi connectivity index (χ1n) is 5.94. The van der Waals surface area contributed by atoms with Crippen molar-refractivity contribution in [3.63, 3.8) is 0 Å². The Morgan fingerprint density at radius 2 is 2.19 bits per heavy atom. The zero-order valence-corrected chi connectivity index (χ0v) is 11.5. The number of rotatable bonds is 7. The monoisotopic (exact) mass is 241 g/mol. The van der Waals surface area contributed by atoms with Gasteiger partial charge in [-0.3, -0.25) is 4.68 Å². The minimum atomic E-state index is 0.436. The molecule has 0 spiro atoms. The maximum atomic E-state index is 4.24. The van der Waals surface area contributed by atoms with Crippen LogP contribution in [0.2, 0.25) is 0 Å². The molecule has 92 valence electrons. The third kappa shape index (κ3) is 3.83. The Bertz CT molecular complexity index is 298. The van der Waals surface area contributed by atoms with E-state index in [1.54, 1.807) is 0 Å². The van der Waals surface area contributed by atoms with Crippen molar-refractivity contribution in [2.75, 3.05) is 12.0 Å². The van der Waals surface area contributed by atoms with Crippen LogP contribution in [0, 0.1) is 0 Å². The van der Waals surface area contributed by atoms with Crippen molar-refractivity contribution in [1.82, 2.24) is 15.1 Å². The highest BCUT2D eigenvalue weighted by Crippen LogP contribution is 2.17. The second kappa shape index (κ2) is 6.97. The lowest BCUT2D eigenvalue weighted by Crippen LogP contribution is -2.33. The lowest BCUT2D eigenvalue weighted by molar-refractivity contribution is 0.442. The Morgan fingerprint density at radius 1 is 1.44 bits per heavy atom. The highest BCUT2D eigenvalue weighted by atomic mass is 32.2. The third-order valence-corrected chi connectivity index (χ3v) is 3.57. The van der Waals surface area contributed by atoms with E-state index in [0.29, 0.717) is 12.1 Å². The largest absolute Gasteiger partial charge is 0.306 e. The predicted molar refractivity (Wildman–Crippen MR) is 71.8 cm³/mol. The van der Waals surface area contributed by atoms with Gasteiger partial charge >= 0.3 is 0 Å². The summed E-state index contributed by atoms with van der Waals surface area (Å²) in [5, 5.41) is 7.95. The van der Waals surface area contributed by atoms with Crippen molar-refractivity contribution in [3.8, 4) is 0 Å². The molecule has 0 aromatic carbocycles. The number of aromatic nitrogens is 2. The van der Waals surface area contributed by atoms with Crippen molar-refractivity contribution in [2.45, 2.75) is 38.8 Å². The van der Waals surface area contributed by atoms with Gasteiger partial charge in [0, 0.05) is 36.6 Å². The van der Waals surface area contributed by atoms with Crippen LogP contribution in [0.15, 0.2) is 12.4 Å². The van der Waals surface area contributed by atoms with E-state index in [2.05, 4.69) is 36.7 Å². The van der Waals surface area contributed by atoms with Crippen LogP contribution in [0.4, 0.5) is 0 Å². The maximum Gasteiger partial charge on any atom is 0.0537 e. The summed E-state index contributed by atoms with van der Waals surface area (Å²) >= 11 is 1.90. The van der Waals surface area contributed by atoms with Gasteiger partial charge in [0.1, 0.15) is 0 Å². The van der Waals surface area contributed by atoms with E-state index in [0.717, 1.165) is 6.42 Å². The van der Waals surface area contributed by atoms with Crippen LogP contribution >= 0.6 is 11.8 Å². The molecular formula is C12H23N3S.